The van der Waals surface area contributed by atoms with Crippen molar-refractivity contribution in [2.24, 2.45) is 5.92 Å². The number of nitrogens with zero attached hydrogens (tertiary/aromatic N) is 3. The number of ether oxygens (including phenoxy) is 1. The van der Waals surface area contributed by atoms with Crippen molar-refractivity contribution >= 4 is 51.3 Å². The zero-order valence-corrected chi connectivity index (χ0v) is 21.5. The highest BCUT2D eigenvalue weighted by molar-refractivity contribution is 14.1. The smallest absolute Gasteiger partial charge is 0.257 e. The van der Waals surface area contributed by atoms with Crippen molar-refractivity contribution in [3.8, 4) is 0 Å². The molecule has 0 saturated carbocycles. The summed E-state index contributed by atoms with van der Waals surface area (Å²) in [6, 6.07) is 9.48. The quantitative estimate of drug-likeness (QED) is 0.343. The van der Waals surface area contributed by atoms with E-state index in [1.165, 1.54) is 28.1 Å². The van der Waals surface area contributed by atoms with Crippen LogP contribution in [0.25, 0.3) is 17.0 Å². The van der Waals surface area contributed by atoms with E-state index in [9.17, 15) is 9.18 Å². The molecule has 32 heavy (non-hydrogen) atoms. The number of halogens is 2. The molecule has 1 aliphatic heterocycles. The van der Waals surface area contributed by atoms with E-state index in [4.69, 9.17) is 9.72 Å². The fourth-order valence-corrected chi connectivity index (χ4v) is 5.17. The summed E-state index contributed by atoms with van der Waals surface area (Å²) in [5.41, 5.74) is 1.63. The van der Waals surface area contributed by atoms with Gasteiger partial charge in [0.2, 0.25) is 5.95 Å². The van der Waals surface area contributed by atoms with Gasteiger partial charge in [-0.1, -0.05) is 32.5 Å². The molecule has 5 nitrogen and oxygen atoms in total. The number of hydrogen-bond acceptors (Lipinski definition) is 4. The molecule has 0 N–H and O–H groups in total. The number of pyridine rings is 1. The van der Waals surface area contributed by atoms with E-state index in [0.717, 1.165) is 63.8 Å². The van der Waals surface area contributed by atoms with Crippen LogP contribution in [0.5, 0.6) is 0 Å². The topological polar surface area (TPSA) is 49.0 Å². The number of imidazole rings is 1. The van der Waals surface area contributed by atoms with Crippen LogP contribution in [0, 0.1) is 5.92 Å². The SMILES string of the molecule is CC(C)(C)c1nc2cc(Sc3ccn(/C(F)=C\I)c(=O)c3)ccc2n1CC1CCOCC1. The fourth-order valence-electron chi connectivity index (χ4n) is 4.01. The van der Waals surface area contributed by atoms with Gasteiger partial charge in [-0.25, -0.2) is 4.98 Å². The second-order valence-electron chi connectivity index (χ2n) is 9.11. The third-order valence-electron chi connectivity index (χ3n) is 5.62. The summed E-state index contributed by atoms with van der Waals surface area (Å²) in [5.74, 6) is 1.10. The molecule has 1 saturated heterocycles. The number of aromatic nitrogens is 3. The van der Waals surface area contributed by atoms with Crippen molar-refractivity contribution in [3.63, 3.8) is 0 Å². The van der Waals surface area contributed by atoms with Gasteiger partial charge in [-0.15, -0.1) is 0 Å². The van der Waals surface area contributed by atoms with Crippen LogP contribution < -0.4 is 5.56 Å². The van der Waals surface area contributed by atoms with Gasteiger partial charge in [0.25, 0.3) is 5.56 Å². The lowest BCUT2D eigenvalue weighted by atomic mass is 9.94. The Hall–Kier alpha value is -1.65. The van der Waals surface area contributed by atoms with Gasteiger partial charge in [0, 0.05) is 51.3 Å². The first-order valence-electron chi connectivity index (χ1n) is 10.7. The predicted octanol–water partition coefficient (Wildman–Crippen LogP) is 6.23. The van der Waals surface area contributed by atoms with E-state index in [1.54, 1.807) is 28.7 Å². The first-order valence-corrected chi connectivity index (χ1v) is 12.8. The van der Waals surface area contributed by atoms with E-state index in [0.29, 0.717) is 5.92 Å². The molecule has 1 aromatic carbocycles. The number of hydrogen-bond donors (Lipinski definition) is 0. The van der Waals surface area contributed by atoms with E-state index in [1.807, 2.05) is 0 Å². The van der Waals surface area contributed by atoms with Crippen LogP contribution >= 0.6 is 34.4 Å². The zero-order chi connectivity index (χ0) is 22.9. The maximum absolute atomic E-state index is 13.8. The minimum atomic E-state index is -0.585. The highest BCUT2D eigenvalue weighted by atomic mass is 127. The number of fused-ring (bicyclic) bond motifs is 1. The third-order valence-corrected chi connectivity index (χ3v) is 7.11. The average Bonchev–Trinajstić information content (AvgIpc) is 3.12. The van der Waals surface area contributed by atoms with Crippen molar-refractivity contribution in [2.75, 3.05) is 13.2 Å². The van der Waals surface area contributed by atoms with Crippen molar-refractivity contribution in [2.45, 2.75) is 55.4 Å². The summed E-state index contributed by atoms with van der Waals surface area (Å²) in [4.78, 5) is 19.0. The lowest BCUT2D eigenvalue weighted by Gasteiger charge is -2.26. The van der Waals surface area contributed by atoms with Gasteiger partial charge >= 0.3 is 0 Å². The molecule has 1 aliphatic rings. The number of benzene rings is 1. The Balaban J connectivity index is 1.65. The molecule has 3 aromatic rings. The maximum Gasteiger partial charge on any atom is 0.257 e. The second kappa shape index (κ2) is 9.69. The molecular formula is C24H27FIN3O2S. The summed E-state index contributed by atoms with van der Waals surface area (Å²) in [7, 11) is 0. The first kappa shape index (κ1) is 23.5. The van der Waals surface area contributed by atoms with Crippen molar-refractivity contribution in [3.05, 3.63) is 56.8 Å². The second-order valence-corrected chi connectivity index (χ2v) is 10.9. The summed E-state index contributed by atoms with van der Waals surface area (Å²) in [6.45, 7) is 9.21. The normalized spacial score (nSPS) is 16.1. The lowest BCUT2D eigenvalue weighted by Crippen LogP contribution is -2.25. The third kappa shape index (κ3) is 5.12. The Morgan fingerprint density at radius 3 is 2.62 bits per heavy atom. The van der Waals surface area contributed by atoms with Crippen LogP contribution in [0.3, 0.4) is 0 Å². The molecule has 3 heterocycles. The van der Waals surface area contributed by atoms with Crippen LogP contribution in [0.4, 0.5) is 4.39 Å². The highest BCUT2D eigenvalue weighted by Gasteiger charge is 2.25. The van der Waals surface area contributed by atoms with Gasteiger partial charge in [-0.05, 0) is 65.6 Å². The highest BCUT2D eigenvalue weighted by Crippen LogP contribution is 2.33. The Bertz CT molecular complexity index is 1210. The minimum absolute atomic E-state index is 0.0712. The summed E-state index contributed by atoms with van der Waals surface area (Å²) >= 11 is 3.26. The van der Waals surface area contributed by atoms with Gasteiger partial charge in [0.1, 0.15) is 5.82 Å². The summed E-state index contributed by atoms with van der Waals surface area (Å²) in [6.07, 6.45) is 3.63. The van der Waals surface area contributed by atoms with Gasteiger partial charge in [0.05, 0.1) is 11.0 Å². The summed E-state index contributed by atoms with van der Waals surface area (Å²) < 4.78 is 23.9. The van der Waals surface area contributed by atoms with Crippen molar-refractivity contribution < 1.29 is 9.13 Å². The molecule has 0 amide bonds. The number of rotatable bonds is 5. The Morgan fingerprint density at radius 2 is 1.97 bits per heavy atom. The molecular weight excluding hydrogens is 540 g/mol. The molecule has 0 radical (unpaired) electrons. The molecule has 0 bridgehead atoms. The van der Waals surface area contributed by atoms with E-state index in [2.05, 4.69) is 43.5 Å². The standard InChI is InChI=1S/C24H27FIN3O2S/c1-24(2,3)23-27-19-12-17(32-18-6-9-28(21(25)14-26)22(30)13-18)4-5-20(19)29(23)15-16-7-10-31-11-8-16/h4-6,9,12-14,16H,7-8,10-11,15H2,1-3H3/b21-14-. The fraction of sp³-hybridized carbons (Fsp3) is 0.417. The average molecular weight is 567 g/mol. The van der Waals surface area contributed by atoms with Crippen LogP contribution in [0.1, 0.15) is 39.4 Å². The Kier molecular flexibility index (Phi) is 7.11. The van der Waals surface area contributed by atoms with Gasteiger partial charge in [-0.2, -0.15) is 4.39 Å². The van der Waals surface area contributed by atoms with Crippen LogP contribution in [0.2, 0.25) is 0 Å². The summed E-state index contributed by atoms with van der Waals surface area (Å²) in [5, 5.41) is 0. The van der Waals surface area contributed by atoms with Crippen LogP contribution in [0.15, 0.2) is 55.2 Å². The first-order chi connectivity index (χ1) is 15.3. The molecule has 0 atom stereocenters. The van der Waals surface area contributed by atoms with Crippen molar-refractivity contribution in [1.82, 2.24) is 14.1 Å². The van der Waals surface area contributed by atoms with Crippen LogP contribution in [-0.4, -0.2) is 27.3 Å². The van der Waals surface area contributed by atoms with E-state index in [-0.39, 0.29) is 5.41 Å². The van der Waals surface area contributed by atoms with Crippen molar-refractivity contribution in [1.29, 1.82) is 0 Å². The Labute approximate surface area is 205 Å². The molecule has 1 fully saturated rings. The maximum atomic E-state index is 13.8. The molecule has 8 heteroatoms. The Morgan fingerprint density at radius 1 is 1.25 bits per heavy atom. The molecule has 0 spiro atoms. The molecule has 0 unspecified atom stereocenters. The monoisotopic (exact) mass is 567 g/mol. The lowest BCUT2D eigenvalue weighted by molar-refractivity contribution is 0.0611. The molecule has 2 aromatic heterocycles. The van der Waals surface area contributed by atoms with E-state index < -0.39 is 11.5 Å². The van der Waals surface area contributed by atoms with Crippen LogP contribution in [-0.2, 0) is 16.7 Å². The van der Waals surface area contributed by atoms with E-state index >= 15 is 0 Å². The molecule has 4 rings (SSSR count). The predicted molar refractivity (Wildman–Crippen MR) is 136 cm³/mol. The van der Waals surface area contributed by atoms with Gasteiger partial charge in [-0.3, -0.25) is 9.36 Å². The van der Waals surface area contributed by atoms with Gasteiger partial charge < -0.3 is 9.30 Å². The molecule has 0 aliphatic carbocycles. The minimum Gasteiger partial charge on any atom is -0.381 e. The zero-order valence-electron chi connectivity index (χ0n) is 18.5. The van der Waals surface area contributed by atoms with Gasteiger partial charge in [0.15, 0.2) is 0 Å². The molecule has 170 valence electrons. The largest absolute Gasteiger partial charge is 0.381 e.